The summed E-state index contributed by atoms with van der Waals surface area (Å²) in [4.78, 5) is 83.6. The number of phosphoric ester groups is 2. The highest BCUT2D eigenvalue weighted by molar-refractivity contribution is 7.47. The lowest BCUT2D eigenvalue weighted by atomic mass is 10.2. The highest BCUT2D eigenvalue weighted by Gasteiger charge is 2.47. The van der Waals surface area contributed by atoms with Gasteiger partial charge < -0.3 is 45.3 Å². The number of nitrogens with zero attached hydrogens (tertiary/aromatic N) is 8. The molecule has 5 aromatic rings. The monoisotopic (exact) mass is 898 g/mol. The Labute approximate surface area is 340 Å². The molecular formula is C31H40N12O16P2. The zero-order chi connectivity index (χ0) is 43.4. The van der Waals surface area contributed by atoms with E-state index in [2.05, 4.69) is 34.9 Å². The van der Waals surface area contributed by atoms with Gasteiger partial charge in [0.2, 0.25) is 5.95 Å². The molecule has 8 rings (SSSR count). The number of aromatic amines is 2. The van der Waals surface area contributed by atoms with Gasteiger partial charge in [0.1, 0.15) is 61.0 Å². The van der Waals surface area contributed by atoms with Crippen molar-refractivity contribution in [3.05, 3.63) is 61.9 Å². The molecule has 30 heteroatoms. The quantitative estimate of drug-likeness (QED) is 0.0610. The van der Waals surface area contributed by atoms with Crippen LogP contribution in [-0.2, 0) is 46.2 Å². The number of aliphatic hydroxyl groups excluding tert-OH is 1. The zero-order valence-corrected chi connectivity index (χ0v) is 33.8. The van der Waals surface area contributed by atoms with Crippen LogP contribution in [0.2, 0.25) is 0 Å². The van der Waals surface area contributed by atoms with E-state index < -0.39 is 108 Å². The number of hydrogen-bond acceptors (Lipinski definition) is 21. The smallest absolute Gasteiger partial charge is 0.394 e. The fourth-order valence-corrected chi connectivity index (χ4v) is 9.24. The zero-order valence-electron chi connectivity index (χ0n) is 32.0. The molecule has 61 heavy (non-hydrogen) atoms. The summed E-state index contributed by atoms with van der Waals surface area (Å²) in [5, 5.41) is 9.96. The van der Waals surface area contributed by atoms with Crippen molar-refractivity contribution in [2.24, 2.45) is 0 Å². The van der Waals surface area contributed by atoms with Crippen LogP contribution in [0.4, 0.5) is 11.8 Å². The highest BCUT2D eigenvalue weighted by atomic mass is 31.2. The molecule has 330 valence electrons. The average Bonchev–Trinajstić information content (AvgIpc) is 4.04. The molecule has 3 aliphatic rings. The van der Waals surface area contributed by atoms with Gasteiger partial charge in [-0.3, -0.25) is 51.4 Å². The number of methoxy groups -OCH3 is 1. The molecule has 0 saturated carbocycles. The summed E-state index contributed by atoms with van der Waals surface area (Å²) >= 11 is 0. The maximum Gasteiger partial charge on any atom is 0.472 e. The van der Waals surface area contributed by atoms with Crippen LogP contribution in [-0.4, -0.2) is 127 Å². The maximum absolute atomic E-state index is 13.6. The molecule has 28 nitrogen and oxygen atoms in total. The molecular weight excluding hydrogens is 858 g/mol. The van der Waals surface area contributed by atoms with Gasteiger partial charge in [0, 0.05) is 38.1 Å². The van der Waals surface area contributed by atoms with Gasteiger partial charge in [-0.2, -0.15) is 4.98 Å². The Kier molecular flexibility index (Phi) is 11.8. The molecule has 0 spiro atoms. The Morgan fingerprint density at radius 3 is 1.97 bits per heavy atom. The molecule has 5 aromatic heterocycles. The number of nitrogens with two attached hydrogens (primary N) is 2. The summed E-state index contributed by atoms with van der Waals surface area (Å²) in [6.07, 6.45) is -4.67. The summed E-state index contributed by atoms with van der Waals surface area (Å²) < 4.78 is 76.1. The molecule has 0 bridgehead atoms. The molecule has 0 aromatic carbocycles. The molecule has 5 unspecified atom stereocenters. The maximum atomic E-state index is 13.6. The SMILES string of the molecule is COC1C[C@H](n2cnc3c(=O)[nH]c(N)nc32)O[C@@H]1COP(=O)(O)OC1C[C@H](n2cnc3c(N)ncnc32)O[C@@H]1COP(=O)(O)OC1C[C@H](n2cc(C)c(=O)[nH]c2=O)O[C@@H]1CO. The van der Waals surface area contributed by atoms with Crippen molar-refractivity contribution < 1.29 is 61.1 Å². The van der Waals surface area contributed by atoms with Crippen molar-refractivity contribution in [2.45, 2.75) is 81.5 Å². The Morgan fingerprint density at radius 1 is 0.770 bits per heavy atom. The molecule has 0 amide bonds. The van der Waals surface area contributed by atoms with E-state index in [1.165, 1.54) is 48.3 Å². The lowest BCUT2D eigenvalue weighted by Crippen LogP contribution is -2.33. The topological polar surface area (TPSA) is 383 Å². The summed E-state index contributed by atoms with van der Waals surface area (Å²) in [5.41, 5.74) is 10.5. The number of hydrogen-bond donors (Lipinski definition) is 7. The number of anilines is 2. The number of H-pyrrole nitrogens is 2. The minimum absolute atomic E-state index is 0.0188. The molecule has 9 N–H and O–H groups in total. The van der Waals surface area contributed by atoms with Gasteiger partial charge in [-0.25, -0.2) is 33.9 Å². The number of aryl methyl sites for hydroxylation is 1. The molecule has 3 fully saturated rings. The fourth-order valence-electron chi connectivity index (χ4n) is 7.32. The number of aromatic nitrogens is 10. The highest BCUT2D eigenvalue weighted by Crippen LogP contribution is 2.52. The third-order valence-corrected chi connectivity index (χ3v) is 12.3. The van der Waals surface area contributed by atoms with Gasteiger partial charge in [0.15, 0.2) is 22.6 Å². The number of ether oxygens (including phenoxy) is 4. The van der Waals surface area contributed by atoms with E-state index in [0.29, 0.717) is 0 Å². The average molecular weight is 899 g/mol. The van der Waals surface area contributed by atoms with Gasteiger partial charge in [0.25, 0.3) is 11.1 Å². The van der Waals surface area contributed by atoms with Crippen LogP contribution < -0.4 is 28.3 Å². The molecule has 0 radical (unpaired) electrons. The fraction of sp³-hybridized carbons (Fsp3) is 0.548. The van der Waals surface area contributed by atoms with Crippen LogP contribution in [0.15, 0.2) is 39.6 Å². The first-order valence-electron chi connectivity index (χ1n) is 18.4. The number of nitrogen functional groups attached to an aromatic ring is 2. The van der Waals surface area contributed by atoms with Crippen LogP contribution in [0.1, 0.15) is 43.5 Å². The van der Waals surface area contributed by atoms with Crippen molar-refractivity contribution in [1.82, 2.24) is 48.6 Å². The summed E-state index contributed by atoms with van der Waals surface area (Å²) in [7, 11) is -8.63. The lowest BCUT2D eigenvalue weighted by Gasteiger charge is -2.24. The number of imidazole rings is 2. The molecule has 11 atom stereocenters. The minimum Gasteiger partial charge on any atom is -0.394 e. The third kappa shape index (κ3) is 8.81. The second-order valence-corrected chi connectivity index (χ2v) is 17.0. The Morgan fingerprint density at radius 2 is 1.33 bits per heavy atom. The van der Waals surface area contributed by atoms with Crippen LogP contribution in [0.25, 0.3) is 22.3 Å². The number of phosphoric acid groups is 2. The standard InChI is InChI=1S/C31H40N12O16P2/c1-13-6-41(31(47)40-28(13)45)20-4-15(17(7-44)55-20)58-60(48,49)54-9-19-16(5-22(57-19)42-11-36-23-25(32)34-10-35-26(23)42)59-61(50,51)53-8-18-14(52-2)3-21(56-18)43-12-37-24-27(43)38-30(33)39-29(24)46/h6,10-12,14-22,44H,3-5,7-9H2,1-2H3,(H,48,49)(H,50,51)(H2,32,34,35)(H,40,45,47)(H3,33,38,39,46)/t14?,15?,16?,17-,18-,19-,20-,21-,22-/m1/s1. The molecule has 8 heterocycles. The van der Waals surface area contributed by atoms with Gasteiger partial charge in [0.05, 0.1) is 38.6 Å². The second-order valence-electron chi connectivity index (χ2n) is 14.2. The van der Waals surface area contributed by atoms with E-state index in [1.807, 2.05) is 0 Å². The predicted octanol–water partition coefficient (Wildman–Crippen LogP) is -1.14. The van der Waals surface area contributed by atoms with Crippen molar-refractivity contribution in [3.63, 3.8) is 0 Å². The van der Waals surface area contributed by atoms with Gasteiger partial charge in [-0.1, -0.05) is 0 Å². The van der Waals surface area contributed by atoms with Crippen molar-refractivity contribution >= 4 is 49.7 Å². The largest absolute Gasteiger partial charge is 0.472 e. The Balaban J connectivity index is 0.957. The van der Waals surface area contributed by atoms with Gasteiger partial charge in [-0.05, 0) is 6.92 Å². The third-order valence-electron chi connectivity index (χ3n) is 10.3. The molecule has 0 aliphatic carbocycles. The normalized spacial score (nSPS) is 28.8. The second kappa shape index (κ2) is 16.8. The Bertz CT molecular complexity index is 2710. The number of fused-ring (bicyclic) bond motifs is 2. The van der Waals surface area contributed by atoms with E-state index in [4.69, 9.17) is 48.5 Å². The Hall–Kier alpha value is -4.80. The summed E-state index contributed by atoms with van der Waals surface area (Å²) in [5.74, 6) is -0.0688. The van der Waals surface area contributed by atoms with Crippen LogP contribution in [0.3, 0.4) is 0 Å². The van der Waals surface area contributed by atoms with E-state index >= 15 is 0 Å². The van der Waals surface area contributed by atoms with Crippen molar-refractivity contribution in [2.75, 3.05) is 38.4 Å². The molecule has 3 saturated heterocycles. The van der Waals surface area contributed by atoms with E-state index in [9.17, 15) is 38.4 Å². The predicted molar refractivity (Wildman–Crippen MR) is 203 cm³/mol. The summed E-state index contributed by atoms with van der Waals surface area (Å²) in [6, 6.07) is 0. The van der Waals surface area contributed by atoms with Crippen LogP contribution in [0, 0.1) is 6.92 Å². The minimum atomic E-state index is -5.04. The van der Waals surface area contributed by atoms with Crippen LogP contribution >= 0.6 is 15.6 Å². The van der Waals surface area contributed by atoms with Crippen molar-refractivity contribution in [3.8, 4) is 0 Å². The lowest BCUT2D eigenvalue weighted by molar-refractivity contribution is -0.0627. The van der Waals surface area contributed by atoms with Gasteiger partial charge >= 0.3 is 21.3 Å². The van der Waals surface area contributed by atoms with Crippen LogP contribution in [0.5, 0.6) is 0 Å². The molecule has 3 aliphatic heterocycles. The van der Waals surface area contributed by atoms with Gasteiger partial charge in [-0.15, -0.1) is 0 Å². The van der Waals surface area contributed by atoms with E-state index in [0.717, 1.165) is 4.57 Å². The number of aliphatic hydroxyl groups is 1. The first kappa shape index (κ1) is 42.9. The van der Waals surface area contributed by atoms with Crippen molar-refractivity contribution in [1.29, 1.82) is 0 Å². The number of rotatable bonds is 15. The first-order chi connectivity index (χ1) is 29.0. The van der Waals surface area contributed by atoms with E-state index in [1.54, 1.807) is 0 Å². The first-order valence-corrected chi connectivity index (χ1v) is 21.4. The number of nitrogens with one attached hydrogen (secondary N) is 2. The van der Waals surface area contributed by atoms with E-state index in [-0.39, 0.29) is 58.9 Å². The summed E-state index contributed by atoms with van der Waals surface area (Å²) in [6.45, 7) is -0.484.